The van der Waals surface area contributed by atoms with Crippen LogP contribution in [0.3, 0.4) is 0 Å². The van der Waals surface area contributed by atoms with E-state index in [1.807, 2.05) is 38.1 Å². The van der Waals surface area contributed by atoms with E-state index in [2.05, 4.69) is 10.2 Å². The van der Waals surface area contributed by atoms with Crippen LogP contribution in [-0.4, -0.2) is 49.9 Å². The van der Waals surface area contributed by atoms with Gasteiger partial charge in [-0.15, -0.1) is 0 Å². The summed E-state index contributed by atoms with van der Waals surface area (Å²) in [6.45, 7) is 5.95. The third-order valence-corrected chi connectivity index (χ3v) is 6.24. The summed E-state index contributed by atoms with van der Waals surface area (Å²) in [5.41, 5.74) is 2.29. The van der Waals surface area contributed by atoms with Crippen LogP contribution in [0.15, 0.2) is 24.3 Å². The molecule has 0 aliphatic carbocycles. The number of carbonyl (C=O) groups excluding carboxylic acids is 1. The van der Waals surface area contributed by atoms with Crippen molar-refractivity contribution < 1.29 is 13.2 Å². The average Bonchev–Trinajstić information content (AvgIpc) is 2.87. The van der Waals surface area contributed by atoms with Crippen LogP contribution in [0.4, 0.5) is 0 Å². The van der Waals surface area contributed by atoms with Crippen molar-refractivity contribution in [3.05, 3.63) is 35.4 Å². The minimum Gasteiger partial charge on any atom is -0.352 e. The molecule has 128 valence electrons. The first kappa shape index (κ1) is 17.9. The fraction of sp³-hybridized carbons (Fsp3) is 0.588. The molecule has 0 radical (unpaired) electrons. The molecule has 2 rings (SSSR count). The minimum absolute atomic E-state index is 0.00700. The Morgan fingerprint density at radius 2 is 2.09 bits per heavy atom. The number of sulfone groups is 1. The van der Waals surface area contributed by atoms with Gasteiger partial charge in [-0.05, 0) is 31.0 Å². The van der Waals surface area contributed by atoms with Crippen LogP contribution in [0.5, 0.6) is 0 Å². The number of nitrogens with one attached hydrogen (secondary N) is 1. The Morgan fingerprint density at radius 3 is 2.70 bits per heavy atom. The first-order valence-electron chi connectivity index (χ1n) is 8.17. The number of hydrogen-bond donors (Lipinski definition) is 1. The molecular weight excluding hydrogens is 312 g/mol. The maximum atomic E-state index is 12.0. The summed E-state index contributed by atoms with van der Waals surface area (Å²) in [5, 5.41) is 2.94. The van der Waals surface area contributed by atoms with Gasteiger partial charge < -0.3 is 5.32 Å². The summed E-state index contributed by atoms with van der Waals surface area (Å²) in [5.74, 6) is 0.506. The quantitative estimate of drug-likeness (QED) is 0.818. The average molecular weight is 338 g/mol. The molecule has 23 heavy (non-hydrogen) atoms. The number of carbonyl (C=O) groups is 1. The number of amides is 1. The second-order valence-electron chi connectivity index (χ2n) is 6.14. The maximum absolute atomic E-state index is 12.0. The van der Waals surface area contributed by atoms with E-state index in [1.165, 1.54) is 5.56 Å². The lowest BCUT2D eigenvalue weighted by atomic mass is 10.1. The Morgan fingerprint density at radius 1 is 1.35 bits per heavy atom. The van der Waals surface area contributed by atoms with Gasteiger partial charge in [-0.25, -0.2) is 8.42 Å². The van der Waals surface area contributed by atoms with Crippen LogP contribution in [0.25, 0.3) is 0 Å². The summed E-state index contributed by atoms with van der Waals surface area (Å²) >= 11 is 0. The highest BCUT2D eigenvalue weighted by Crippen LogP contribution is 2.17. The van der Waals surface area contributed by atoms with E-state index in [-0.39, 0.29) is 23.5 Å². The summed E-state index contributed by atoms with van der Waals surface area (Å²) in [6, 6.07) is 8.05. The zero-order valence-corrected chi connectivity index (χ0v) is 14.7. The van der Waals surface area contributed by atoms with Gasteiger partial charge in [0.2, 0.25) is 5.91 Å². The fourth-order valence-electron chi connectivity index (χ4n) is 3.00. The first-order valence-corrected chi connectivity index (χ1v) is 9.99. The van der Waals surface area contributed by atoms with Crippen LogP contribution in [0.2, 0.25) is 0 Å². The van der Waals surface area contributed by atoms with E-state index in [0.717, 1.165) is 12.1 Å². The minimum atomic E-state index is -2.88. The van der Waals surface area contributed by atoms with E-state index in [1.54, 1.807) is 0 Å². The lowest BCUT2D eigenvalue weighted by molar-refractivity contribution is -0.121. The van der Waals surface area contributed by atoms with E-state index in [9.17, 15) is 13.2 Å². The van der Waals surface area contributed by atoms with Gasteiger partial charge in [0.15, 0.2) is 9.84 Å². The van der Waals surface area contributed by atoms with Crippen molar-refractivity contribution in [2.45, 2.75) is 39.3 Å². The van der Waals surface area contributed by atoms with Crippen molar-refractivity contribution in [1.29, 1.82) is 0 Å². The van der Waals surface area contributed by atoms with E-state index >= 15 is 0 Å². The van der Waals surface area contributed by atoms with Gasteiger partial charge in [0.25, 0.3) is 0 Å². The topological polar surface area (TPSA) is 66.5 Å². The van der Waals surface area contributed by atoms with Gasteiger partial charge in [-0.3, -0.25) is 9.69 Å². The summed E-state index contributed by atoms with van der Waals surface area (Å²) < 4.78 is 23.2. The van der Waals surface area contributed by atoms with Crippen LogP contribution >= 0.6 is 0 Å². The molecular formula is C17H26N2O3S. The highest BCUT2D eigenvalue weighted by atomic mass is 32.2. The molecule has 1 atom stereocenters. The molecule has 1 aromatic carbocycles. The Balaban J connectivity index is 1.78. The molecule has 1 saturated heterocycles. The predicted molar refractivity (Wildman–Crippen MR) is 91.9 cm³/mol. The Hall–Kier alpha value is -1.40. The van der Waals surface area contributed by atoms with Crippen molar-refractivity contribution in [2.24, 2.45) is 0 Å². The smallest absolute Gasteiger partial charge is 0.221 e. The largest absolute Gasteiger partial charge is 0.352 e. The highest BCUT2D eigenvalue weighted by Gasteiger charge is 2.31. The molecule has 0 saturated carbocycles. The fourth-order valence-corrected chi connectivity index (χ4v) is 4.76. The summed E-state index contributed by atoms with van der Waals surface area (Å²) in [6.07, 6.45) is 1.08. The lowest BCUT2D eigenvalue weighted by Crippen LogP contribution is -2.38. The summed E-state index contributed by atoms with van der Waals surface area (Å²) in [7, 11) is -2.88. The molecule has 0 bridgehead atoms. The molecule has 5 nitrogen and oxygen atoms in total. The molecule has 1 aromatic rings. The zero-order chi connectivity index (χ0) is 16.9. The van der Waals surface area contributed by atoms with E-state index in [4.69, 9.17) is 0 Å². The molecule has 1 unspecified atom stereocenters. The predicted octanol–water partition coefficient (Wildman–Crippen LogP) is 1.51. The Labute approximate surface area is 139 Å². The van der Waals surface area contributed by atoms with Crippen molar-refractivity contribution in [2.75, 3.05) is 24.6 Å². The van der Waals surface area contributed by atoms with Gasteiger partial charge in [0.05, 0.1) is 11.5 Å². The Kier molecular flexibility index (Phi) is 6.18. The maximum Gasteiger partial charge on any atom is 0.221 e. The van der Waals surface area contributed by atoms with Crippen molar-refractivity contribution in [1.82, 2.24) is 10.2 Å². The molecule has 1 aliphatic rings. The van der Waals surface area contributed by atoms with Crippen LogP contribution in [-0.2, 0) is 21.2 Å². The molecule has 1 N–H and O–H groups in total. The first-order chi connectivity index (χ1) is 10.9. The number of aryl methyl sites for hydroxylation is 1. The standard InChI is InChI=1S/C17H26N2O3S/c1-3-19(16-9-11-23(21,22)13-16)10-8-17(20)18-12-15-7-5-4-6-14(15)2/h4-7,16H,3,8-13H2,1-2H3,(H,18,20). The lowest BCUT2D eigenvalue weighted by Gasteiger charge is -2.26. The number of hydrogen-bond acceptors (Lipinski definition) is 4. The zero-order valence-electron chi connectivity index (χ0n) is 13.9. The third kappa shape index (κ3) is 5.32. The van der Waals surface area contributed by atoms with Crippen LogP contribution in [0, 0.1) is 6.92 Å². The van der Waals surface area contributed by atoms with Crippen LogP contribution in [0.1, 0.15) is 30.9 Å². The molecule has 6 heteroatoms. The monoisotopic (exact) mass is 338 g/mol. The molecule has 1 aliphatic heterocycles. The molecule has 1 fully saturated rings. The Bertz CT molecular complexity index is 643. The second-order valence-corrected chi connectivity index (χ2v) is 8.37. The molecule has 0 aromatic heterocycles. The SMILES string of the molecule is CCN(CCC(=O)NCc1ccccc1C)C1CCS(=O)(=O)C1. The van der Waals surface area contributed by atoms with Gasteiger partial charge in [-0.2, -0.15) is 0 Å². The van der Waals surface area contributed by atoms with Crippen LogP contribution < -0.4 is 5.32 Å². The summed E-state index contributed by atoms with van der Waals surface area (Å²) in [4.78, 5) is 14.1. The number of benzene rings is 1. The van der Waals surface area contributed by atoms with Crippen molar-refractivity contribution in [3.8, 4) is 0 Å². The van der Waals surface area contributed by atoms with Gasteiger partial charge in [-0.1, -0.05) is 31.2 Å². The van der Waals surface area contributed by atoms with Crippen molar-refractivity contribution >= 4 is 15.7 Å². The van der Waals surface area contributed by atoms with Gasteiger partial charge in [0, 0.05) is 25.6 Å². The molecule has 0 spiro atoms. The molecule has 1 heterocycles. The van der Waals surface area contributed by atoms with E-state index in [0.29, 0.717) is 25.9 Å². The third-order valence-electron chi connectivity index (χ3n) is 4.49. The number of rotatable bonds is 7. The van der Waals surface area contributed by atoms with Gasteiger partial charge in [0.1, 0.15) is 0 Å². The highest BCUT2D eigenvalue weighted by molar-refractivity contribution is 7.91. The normalized spacial score (nSPS) is 19.9. The van der Waals surface area contributed by atoms with E-state index < -0.39 is 9.84 Å². The van der Waals surface area contributed by atoms with Crippen molar-refractivity contribution in [3.63, 3.8) is 0 Å². The molecule has 1 amide bonds. The van der Waals surface area contributed by atoms with Gasteiger partial charge >= 0.3 is 0 Å². The number of nitrogens with zero attached hydrogens (tertiary/aromatic N) is 1. The second kappa shape index (κ2) is 7.93.